The molecule has 3 aliphatic rings. The molecule has 0 radical (unpaired) electrons. The van der Waals surface area contributed by atoms with Crippen LogP contribution < -0.4 is 0 Å². The second-order valence-electron chi connectivity index (χ2n) is 13.4. The van der Waals surface area contributed by atoms with Crippen molar-refractivity contribution in [1.29, 1.82) is 0 Å². The molecule has 2 heteroatoms. The maximum absolute atomic E-state index is 6.81. The van der Waals surface area contributed by atoms with Crippen LogP contribution >= 0.6 is 0 Å². The summed E-state index contributed by atoms with van der Waals surface area (Å²) in [6.45, 7) is 26.3. The molecule has 0 unspecified atom stereocenters. The summed E-state index contributed by atoms with van der Waals surface area (Å²) in [6.07, 6.45) is 16.7. The number of allylic oxidation sites excluding steroid dienone is 4. The van der Waals surface area contributed by atoms with Gasteiger partial charge < -0.3 is 4.43 Å². The van der Waals surface area contributed by atoms with Gasteiger partial charge in [0.05, 0.1) is 0 Å². The second-order valence-corrected chi connectivity index (χ2v) is 18.1. The lowest BCUT2D eigenvalue weighted by Crippen LogP contribution is -2.44. The Hall–Kier alpha value is -0.603. The summed E-state index contributed by atoms with van der Waals surface area (Å²) < 4.78 is 6.81. The Morgan fingerprint density at radius 3 is 2.44 bits per heavy atom. The first kappa shape index (κ1) is 26.0. The van der Waals surface area contributed by atoms with Gasteiger partial charge in [-0.05, 0) is 97.7 Å². The van der Waals surface area contributed by atoms with Gasteiger partial charge in [0.15, 0.2) is 8.32 Å². The van der Waals surface area contributed by atoms with Crippen LogP contribution in [0.4, 0.5) is 0 Å². The van der Waals surface area contributed by atoms with Crippen LogP contribution in [0.2, 0.25) is 18.1 Å². The molecule has 0 saturated heterocycles. The molecule has 0 N–H and O–H groups in total. The van der Waals surface area contributed by atoms with Crippen molar-refractivity contribution in [1.82, 2.24) is 0 Å². The standard InChI is InChI=1S/C30H52OSi/c1-11-22(2)27-18-20-29(7)25(13-12-19-30(27,29)8)16-15-24-21-26(17-14-23(24)3)31-32(9,10)28(4,5)6/h15-16,22,26-27H,3,11-14,17-21H2,1-2,4-10H3/b24-15-,25-16+/t22-,26-,27+,29-,30+/m0/s1. The number of hydrogen-bond acceptors (Lipinski definition) is 1. The predicted octanol–water partition coefficient (Wildman–Crippen LogP) is 9.62. The average Bonchev–Trinajstić information content (AvgIpc) is 2.98. The van der Waals surface area contributed by atoms with E-state index in [0.29, 0.717) is 16.9 Å². The molecule has 32 heavy (non-hydrogen) atoms. The highest BCUT2D eigenvalue weighted by molar-refractivity contribution is 6.74. The summed E-state index contributed by atoms with van der Waals surface area (Å²) in [5, 5.41) is 0.267. The van der Waals surface area contributed by atoms with Crippen molar-refractivity contribution in [2.45, 2.75) is 130 Å². The van der Waals surface area contributed by atoms with Crippen LogP contribution in [0, 0.1) is 22.7 Å². The zero-order valence-electron chi connectivity index (χ0n) is 22.9. The topological polar surface area (TPSA) is 9.23 Å². The minimum Gasteiger partial charge on any atom is -0.414 e. The summed E-state index contributed by atoms with van der Waals surface area (Å²) in [6, 6.07) is 0. The van der Waals surface area contributed by atoms with Crippen LogP contribution in [-0.4, -0.2) is 14.4 Å². The van der Waals surface area contributed by atoms with Gasteiger partial charge >= 0.3 is 0 Å². The minimum atomic E-state index is -1.73. The summed E-state index contributed by atoms with van der Waals surface area (Å²) in [7, 11) is -1.73. The molecule has 0 aromatic rings. The summed E-state index contributed by atoms with van der Waals surface area (Å²) in [5.74, 6) is 1.71. The van der Waals surface area contributed by atoms with Crippen LogP contribution in [0.15, 0.2) is 35.5 Å². The molecular formula is C30H52OSi. The predicted molar refractivity (Wildman–Crippen MR) is 143 cm³/mol. The molecule has 1 nitrogen and oxygen atoms in total. The van der Waals surface area contributed by atoms with Crippen LogP contribution in [0.25, 0.3) is 0 Å². The van der Waals surface area contributed by atoms with Gasteiger partial charge in [-0.3, -0.25) is 0 Å². The first-order valence-corrected chi connectivity index (χ1v) is 16.4. The molecule has 0 heterocycles. The van der Waals surface area contributed by atoms with Crippen molar-refractivity contribution in [3.63, 3.8) is 0 Å². The van der Waals surface area contributed by atoms with Gasteiger partial charge in [-0.1, -0.05) is 84.8 Å². The van der Waals surface area contributed by atoms with Crippen molar-refractivity contribution >= 4 is 8.32 Å². The molecule has 182 valence electrons. The third-order valence-corrected chi connectivity index (χ3v) is 15.2. The molecule has 3 fully saturated rings. The van der Waals surface area contributed by atoms with Gasteiger partial charge in [0.1, 0.15) is 0 Å². The average molecular weight is 457 g/mol. The molecule has 0 aromatic carbocycles. The fourth-order valence-electron chi connectivity index (χ4n) is 6.90. The van der Waals surface area contributed by atoms with Crippen LogP contribution in [0.3, 0.4) is 0 Å². The van der Waals surface area contributed by atoms with Crippen molar-refractivity contribution in [2.24, 2.45) is 22.7 Å². The largest absolute Gasteiger partial charge is 0.414 e. The first-order valence-electron chi connectivity index (χ1n) is 13.5. The number of hydrogen-bond donors (Lipinski definition) is 0. The fourth-order valence-corrected chi connectivity index (χ4v) is 8.29. The maximum Gasteiger partial charge on any atom is 0.192 e. The molecule has 0 aliphatic heterocycles. The maximum atomic E-state index is 6.81. The van der Waals surface area contributed by atoms with E-state index in [2.05, 4.69) is 80.3 Å². The second kappa shape index (κ2) is 9.21. The van der Waals surface area contributed by atoms with Gasteiger partial charge in [0.25, 0.3) is 0 Å². The summed E-state index contributed by atoms with van der Waals surface area (Å²) in [5.41, 5.74) is 5.32. The molecule has 3 aliphatic carbocycles. The van der Waals surface area contributed by atoms with E-state index in [-0.39, 0.29) is 5.04 Å². The molecule has 0 aromatic heterocycles. The lowest BCUT2D eigenvalue weighted by molar-refractivity contribution is 0.0359. The lowest BCUT2D eigenvalue weighted by atomic mass is 9.53. The Labute approximate surface area is 201 Å². The van der Waals surface area contributed by atoms with E-state index in [1.807, 2.05) is 0 Å². The highest BCUT2D eigenvalue weighted by Gasteiger charge is 2.57. The Morgan fingerprint density at radius 1 is 1.12 bits per heavy atom. The van der Waals surface area contributed by atoms with Crippen molar-refractivity contribution in [3.05, 3.63) is 35.5 Å². The third-order valence-electron chi connectivity index (χ3n) is 10.6. The fraction of sp³-hybridized carbons (Fsp3) is 0.800. The van der Waals surface area contributed by atoms with E-state index in [1.165, 1.54) is 49.7 Å². The lowest BCUT2D eigenvalue weighted by Gasteiger charge is -2.51. The van der Waals surface area contributed by atoms with E-state index < -0.39 is 8.32 Å². The molecular weight excluding hydrogens is 404 g/mol. The van der Waals surface area contributed by atoms with Crippen molar-refractivity contribution < 1.29 is 4.43 Å². The van der Waals surface area contributed by atoms with Crippen molar-refractivity contribution in [2.75, 3.05) is 0 Å². The van der Waals surface area contributed by atoms with Gasteiger partial charge in [-0.25, -0.2) is 0 Å². The van der Waals surface area contributed by atoms with Gasteiger partial charge in [0, 0.05) is 6.10 Å². The van der Waals surface area contributed by atoms with E-state index in [9.17, 15) is 0 Å². The monoisotopic (exact) mass is 456 g/mol. The van der Waals surface area contributed by atoms with Crippen LogP contribution in [-0.2, 0) is 4.43 Å². The molecule has 0 spiro atoms. The highest BCUT2D eigenvalue weighted by atomic mass is 28.4. The minimum absolute atomic E-state index is 0.267. The third kappa shape index (κ3) is 4.65. The van der Waals surface area contributed by atoms with E-state index in [4.69, 9.17) is 4.43 Å². The SMILES string of the molecule is C=C1CC[C@H](O[Si](C)(C)C(C)(C)C)C/C1=C/C=C1\CCC[C@]2(C)[C@@H]([C@@H](C)CC)CC[C@@]12C. The highest BCUT2D eigenvalue weighted by Crippen LogP contribution is 2.67. The number of rotatable bonds is 5. The van der Waals surface area contributed by atoms with Crippen LogP contribution in [0.5, 0.6) is 0 Å². The number of fused-ring (bicyclic) bond motifs is 1. The normalized spacial score (nSPS) is 37.7. The Kier molecular flexibility index (Phi) is 7.49. The molecule has 0 amide bonds. The van der Waals surface area contributed by atoms with Gasteiger partial charge in [-0.15, -0.1) is 0 Å². The zero-order chi connectivity index (χ0) is 23.9. The van der Waals surface area contributed by atoms with Crippen LogP contribution in [0.1, 0.15) is 106 Å². The Bertz CT molecular complexity index is 766. The van der Waals surface area contributed by atoms with Gasteiger partial charge in [-0.2, -0.15) is 0 Å². The quantitative estimate of drug-likeness (QED) is 0.374. The molecule has 3 saturated carbocycles. The Morgan fingerprint density at radius 2 is 1.81 bits per heavy atom. The van der Waals surface area contributed by atoms with Crippen molar-refractivity contribution in [3.8, 4) is 0 Å². The molecule has 5 atom stereocenters. The van der Waals surface area contributed by atoms with E-state index >= 15 is 0 Å². The summed E-state index contributed by atoms with van der Waals surface area (Å²) in [4.78, 5) is 0. The molecule has 0 bridgehead atoms. The van der Waals surface area contributed by atoms with E-state index in [0.717, 1.165) is 31.1 Å². The zero-order valence-corrected chi connectivity index (χ0v) is 23.9. The first-order chi connectivity index (χ1) is 14.7. The van der Waals surface area contributed by atoms with Gasteiger partial charge in [0.2, 0.25) is 0 Å². The smallest absolute Gasteiger partial charge is 0.192 e. The molecule has 3 rings (SSSR count). The summed E-state index contributed by atoms with van der Waals surface area (Å²) >= 11 is 0. The van der Waals surface area contributed by atoms with E-state index in [1.54, 1.807) is 5.57 Å². The Balaban J connectivity index is 1.81.